The first-order valence-corrected chi connectivity index (χ1v) is 5.99. The monoisotopic (exact) mass is 244 g/mol. The van der Waals surface area contributed by atoms with E-state index in [2.05, 4.69) is 5.32 Å². The van der Waals surface area contributed by atoms with E-state index in [1.807, 2.05) is 0 Å². The molecule has 0 saturated carbocycles. The molecule has 1 heterocycles. The van der Waals surface area contributed by atoms with E-state index in [0.717, 1.165) is 25.9 Å². The Bertz CT molecular complexity index is 252. The van der Waals surface area contributed by atoms with Gasteiger partial charge in [0.2, 0.25) is 0 Å². The molecule has 0 aromatic carbocycles. The largest absolute Gasteiger partial charge is 0.466 e. The number of urea groups is 1. The van der Waals surface area contributed by atoms with Crippen molar-refractivity contribution in [2.24, 2.45) is 5.73 Å². The lowest BCUT2D eigenvalue weighted by atomic mass is 10.1. The van der Waals surface area contributed by atoms with Gasteiger partial charge >= 0.3 is 12.0 Å². The van der Waals surface area contributed by atoms with Crippen LogP contribution in [-0.4, -0.2) is 37.9 Å². The fourth-order valence-electron chi connectivity index (χ4n) is 1.69. The summed E-state index contributed by atoms with van der Waals surface area (Å²) in [7, 11) is 0. The molecule has 1 saturated heterocycles. The van der Waals surface area contributed by atoms with Crippen molar-refractivity contribution < 1.29 is 19.1 Å². The van der Waals surface area contributed by atoms with E-state index >= 15 is 0 Å². The fraction of sp³-hybridized carbons (Fsp3) is 0.818. The lowest BCUT2D eigenvalue weighted by molar-refractivity contribution is -0.144. The zero-order chi connectivity index (χ0) is 12.5. The molecule has 3 N–H and O–H groups in total. The maximum absolute atomic E-state index is 11.3. The molecule has 98 valence electrons. The van der Waals surface area contributed by atoms with E-state index in [0.29, 0.717) is 26.0 Å². The highest BCUT2D eigenvalue weighted by Crippen LogP contribution is 2.16. The van der Waals surface area contributed by atoms with Crippen LogP contribution >= 0.6 is 0 Å². The summed E-state index contributed by atoms with van der Waals surface area (Å²) >= 11 is 0. The lowest BCUT2D eigenvalue weighted by Crippen LogP contribution is -2.30. The fourth-order valence-corrected chi connectivity index (χ4v) is 1.69. The van der Waals surface area contributed by atoms with Gasteiger partial charge in [0.25, 0.3) is 0 Å². The minimum Gasteiger partial charge on any atom is -0.466 e. The standard InChI is InChI=1S/C11H20N2O4/c12-11(15)13-6-2-8-17-10(14)5-4-9-3-1-7-16-9/h9H,1-8H2,(H3,12,13,15). The van der Waals surface area contributed by atoms with Crippen LogP contribution in [-0.2, 0) is 14.3 Å². The van der Waals surface area contributed by atoms with Crippen molar-refractivity contribution in [3.63, 3.8) is 0 Å². The van der Waals surface area contributed by atoms with Crippen LogP contribution in [0.3, 0.4) is 0 Å². The van der Waals surface area contributed by atoms with E-state index in [4.69, 9.17) is 15.2 Å². The van der Waals surface area contributed by atoms with Gasteiger partial charge in [0.15, 0.2) is 0 Å². The van der Waals surface area contributed by atoms with Crippen LogP contribution in [0.1, 0.15) is 32.1 Å². The number of primary amides is 1. The van der Waals surface area contributed by atoms with Gasteiger partial charge in [0.1, 0.15) is 0 Å². The van der Waals surface area contributed by atoms with Crippen LogP contribution in [0.5, 0.6) is 0 Å². The number of ether oxygens (including phenoxy) is 2. The van der Waals surface area contributed by atoms with Crippen LogP contribution in [0.2, 0.25) is 0 Å². The molecule has 0 spiro atoms. The Kier molecular flexibility index (Phi) is 6.39. The molecule has 1 aliphatic heterocycles. The molecule has 0 bridgehead atoms. The number of hydrogen-bond donors (Lipinski definition) is 2. The third-order valence-electron chi connectivity index (χ3n) is 2.58. The molecule has 0 radical (unpaired) electrons. The molecule has 1 rings (SSSR count). The molecular weight excluding hydrogens is 224 g/mol. The topological polar surface area (TPSA) is 90.7 Å². The number of hydrogen-bond acceptors (Lipinski definition) is 4. The summed E-state index contributed by atoms with van der Waals surface area (Å²) in [5.74, 6) is -0.209. The van der Waals surface area contributed by atoms with Crippen molar-refractivity contribution in [2.45, 2.75) is 38.2 Å². The average molecular weight is 244 g/mol. The average Bonchev–Trinajstić information content (AvgIpc) is 2.78. The highest BCUT2D eigenvalue weighted by molar-refractivity contribution is 5.71. The van der Waals surface area contributed by atoms with Crippen molar-refractivity contribution in [1.29, 1.82) is 0 Å². The van der Waals surface area contributed by atoms with Crippen molar-refractivity contribution in [3.05, 3.63) is 0 Å². The van der Waals surface area contributed by atoms with Crippen molar-refractivity contribution in [1.82, 2.24) is 5.32 Å². The molecular formula is C11H20N2O4. The molecule has 0 aliphatic carbocycles. The Morgan fingerprint density at radius 1 is 1.47 bits per heavy atom. The minimum atomic E-state index is -0.560. The second kappa shape index (κ2) is 7.89. The van der Waals surface area contributed by atoms with Crippen LogP contribution in [0.25, 0.3) is 0 Å². The number of rotatable bonds is 7. The van der Waals surface area contributed by atoms with Crippen LogP contribution < -0.4 is 11.1 Å². The maximum atomic E-state index is 11.3. The quantitative estimate of drug-likeness (QED) is 0.505. The van der Waals surface area contributed by atoms with Gasteiger partial charge in [-0.1, -0.05) is 0 Å². The predicted molar refractivity (Wildman–Crippen MR) is 61.4 cm³/mol. The van der Waals surface area contributed by atoms with Gasteiger partial charge in [0, 0.05) is 19.6 Å². The van der Waals surface area contributed by atoms with Gasteiger partial charge in [-0.2, -0.15) is 0 Å². The first-order valence-electron chi connectivity index (χ1n) is 5.99. The van der Waals surface area contributed by atoms with Gasteiger partial charge < -0.3 is 20.5 Å². The Labute approximate surface area is 101 Å². The van der Waals surface area contributed by atoms with E-state index < -0.39 is 6.03 Å². The van der Waals surface area contributed by atoms with Gasteiger partial charge in [-0.3, -0.25) is 4.79 Å². The SMILES string of the molecule is NC(=O)NCCCOC(=O)CCC1CCCO1. The summed E-state index contributed by atoms with van der Waals surface area (Å²) in [4.78, 5) is 21.6. The highest BCUT2D eigenvalue weighted by Gasteiger charge is 2.16. The summed E-state index contributed by atoms with van der Waals surface area (Å²) in [6, 6.07) is -0.560. The molecule has 1 aliphatic rings. The number of esters is 1. The van der Waals surface area contributed by atoms with Gasteiger partial charge in [-0.05, 0) is 25.7 Å². The summed E-state index contributed by atoms with van der Waals surface area (Å²) < 4.78 is 10.4. The molecule has 0 aromatic heterocycles. The van der Waals surface area contributed by atoms with Gasteiger partial charge in [-0.25, -0.2) is 4.79 Å². The van der Waals surface area contributed by atoms with Crippen LogP contribution in [0, 0.1) is 0 Å². The van der Waals surface area contributed by atoms with Crippen molar-refractivity contribution >= 4 is 12.0 Å². The smallest absolute Gasteiger partial charge is 0.312 e. The lowest BCUT2D eigenvalue weighted by Gasteiger charge is -2.09. The number of nitrogens with one attached hydrogen (secondary N) is 1. The normalized spacial score (nSPS) is 18.9. The minimum absolute atomic E-state index is 0.209. The maximum Gasteiger partial charge on any atom is 0.312 e. The highest BCUT2D eigenvalue weighted by atomic mass is 16.5. The Morgan fingerprint density at radius 3 is 2.94 bits per heavy atom. The number of carbonyl (C=O) groups is 2. The van der Waals surface area contributed by atoms with Gasteiger partial charge in [0.05, 0.1) is 12.7 Å². The Hall–Kier alpha value is -1.30. The summed E-state index contributed by atoms with van der Waals surface area (Å²) in [5.41, 5.74) is 4.88. The Morgan fingerprint density at radius 2 is 2.29 bits per heavy atom. The zero-order valence-electron chi connectivity index (χ0n) is 9.94. The summed E-state index contributed by atoms with van der Waals surface area (Å²) in [5, 5.41) is 2.42. The van der Waals surface area contributed by atoms with E-state index in [-0.39, 0.29) is 12.1 Å². The number of amides is 2. The van der Waals surface area contributed by atoms with Gasteiger partial charge in [-0.15, -0.1) is 0 Å². The molecule has 1 fully saturated rings. The molecule has 6 heteroatoms. The van der Waals surface area contributed by atoms with Crippen molar-refractivity contribution in [3.8, 4) is 0 Å². The molecule has 1 unspecified atom stereocenters. The first kappa shape index (κ1) is 13.8. The van der Waals surface area contributed by atoms with E-state index in [9.17, 15) is 9.59 Å². The summed E-state index contributed by atoms with van der Waals surface area (Å²) in [6.45, 7) is 1.54. The number of nitrogens with two attached hydrogens (primary N) is 1. The Balaban J connectivity index is 1.92. The van der Waals surface area contributed by atoms with E-state index in [1.165, 1.54) is 0 Å². The summed E-state index contributed by atoms with van der Waals surface area (Å²) in [6.07, 6.45) is 4.05. The van der Waals surface area contributed by atoms with Crippen LogP contribution in [0.4, 0.5) is 4.79 Å². The number of carbonyl (C=O) groups excluding carboxylic acids is 2. The predicted octanol–water partition coefficient (Wildman–Crippen LogP) is 0.547. The van der Waals surface area contributed by atoms with E-state index in [1.54, 1.807) is 0 Å². The molecule has 0 aromatic rings. The second-order valence-corrected chi connectivity index (χ2v) is 4.04. The van der Waals surface area contributed by atoms with Crippen molar-refractivity contribution in [2.75, 3.05) is 19.8 Å². The molecule has 17 heavy (non-hydrogen) atoms. The van der Waals surface area contributed by atoms with Crippen LogP contribution in [0.15, 0.2) is 0 Å². The third-order valence-corrected chi connectivity index (χ3v) is 2.58. The first-order chi connectivity index (χ1) is 8.18. The third kappa shape index (κ3) is 6.78. The zero-order valence-corrected chi connectivity index (χ0v) is 9.94. The molecule has 1 atom stereocenters. The second-order valence-electron chi connectivity index (χ2n) is 4.04. The molecule has 6 nitrogen and oxygen atoms in total. The molecule has 2 amide bonds.